The van der Waals surface area contributed by atoms with E-state index in [2.05, 4.69) is 16.5 Å². The number of amides is 1. The zero-order chi connectivity index (χ0) is 19.6. The van der Waals surface area contributed by atoms with Crippen LogP contribution in [0.3, 0.4) is 0 Å². The summed E-state index contributed by atoms with van der Waals surface area (Å²) in [6.45, 7) is 7.46. The van der Waals surface area contributed by atoms with Gasteiger partial charge >= 0.3 is 5.97 Å². The van der Waals surface area contributed by atoms with Gasteiger partial charge in [0.25, 0.3) is 0 Å². The summed E-state index contributed by atoms with van der Waals surface area (Å²) in [6, 6.07) is 3.18. The fourth-order valence-electron chi connectivity index (χ4n) is 2.87. The fourth-order valence-corrected chi connectivity index (χ4v) is 3.18. The molecule has 2 heterocycles. The molecular weight excluding hydrogens is 391 g/mol. The summed E-state index contributed by atoms with van der Waals surface area (Å²) in [5.74, 6) is -0.270. The van der Waals surface area contributed by atoms with E-state index in [1.54, 1.807) is 24.0 Å². The zero-order valence-corrected chi connectivity index (χ0v) is 16.3. The van der Waals surface area contributed by atoms with E-state index in [0.717, 1.165) is 0 Å². The van der Waals surface area contributed by atoms with Gasteiger partial charge in [-0.05, 0) is 25.1 Å². The third-order valence-electron chi connectivity index (χ3n) is 4.22. The van der Waals surface area contributed by atoms with E-state index < -0.39 is 5.97 Å². The Hall–Kier alpha value is -2.38. The number of carbonyl (C=O) groups excluding carboxylic acids is 2. The molecule has 9 heteroatoms. The van der Waals surface area contributed by atoms with Gasteiger partial charge in [0.1, 0.15) is 0 Å². The summed E-state index contributed by atoms with van der Waals surface area (Å²) >= 11 is 12.1. The first-order valence-corrected chi connectivity index (χ1v) is 9.20. The molecular formula is C18H18Cl2N4O3. The molecule has 142 valence electrons. The molecule has 7 nitrogen and oxygen atoms in total. The highest BCUT2D eigenvalue weighted by atomic mass is 35.5. The summed E-state index contributed by atoms with van der Waals surface area (Å²) in [4.78, 5) is 36.8. The molecule has 1 saturated heterocycles. The average Bonchev–Trinajstić information content (AvgIpc) is 2.67. The van der Waals surface area contributed by atoms with Crippen molar-refractivity contribution < 1.29 is 14.3 Å². The minimum atomic E-state index is -0.558. The van der Waals surface area contributed by atoms with E-state index in [-0.39, 0.29) is 18.2 Å². The van der Waals surface area contributed by atoms with E-state index in [1.165, 1.54) is 6.08 Å². The number of piperazine rings is 1. The Morgan fingerprint density at radius 1 is 1.15 bits per heavy atom. The number of halogens is 2. The summed E-state index contributed by atoms with van der Waals surface area (Å²) < 4.78 is 5.13. The van der Waals surface area contributed by atoms with Crippen molar-refractivity contribution in [3.63, 3.8) is 0 Å². The maximum atomic E-state index is 12.4. The number of hydrogen-bond acceptors (Lipinski definition) is 6. The molecule has 0 N–H and O–H groups in total. The molecule has 0 aliphatic carbocycles. The van der Waals surface area contributed by atoms with Crippen LogP contribution < -0.4 is 4.90 Å². The lowest BCUT2D eigenvalue weighted by Gasteiger charge is -2.35. The lowest BCUT2D eigenvalue weighted by atomic mass is 10.2. The van der Waals surface area contributed by atoms with Crippen molar-refractivity contribution in [1.82, 2.24) is 14.9 Å². The van der Waals surface area contributed by atoms with Gasteiger partial charge in [0.2, 0.25) is 5.91 Å². The van der Waals surface area contributed by atoms with Crippen molar-refractivity contribution >= 4 is 51.9 Å². The molecule has 1 aliphatic rings. The number of hydrogen-bond donors (Lipinski definition) is 0. The molecule has 3 rings (SSSR count). The number of rotatable bonds is 4. The highest BCUT2D eigenvalue weighted by Gasteiger charge is 2.26. The van der Waals surface area contributed by atoms with Crippen LogP contribution in [0.2, 0.25) is 10.0 Å². The molecule has 1 aromatic carbocycles. The number of nitrogens with zero attached hydrogens (tertiary/aromatic N) is 4. The number of anilines is 1. The Morgan fingerprint density at radius 3 is 2.30 bits per heavy atom. The van der Waals surface area contributed by atoms with Gasteiger partial charge in [0, 0.05) is 26.2 Å². The van der Waals surface area contributed by atoms with E-state index in [0.29, 0.717) is 53.1 Å². The number of esters is 1. The van der Waals surface area contributed by atoms with Crippen LogP contribution in [0.5, 0.6) is 0 Å². The van der Waals surface area contributed by atoms with Crippen molar-refractivity contribution in [2.45, 2.75) is 6.92 Å². The van der Waals surface area contributed by atoms with Crippen LogP contribution in [0.1, 0.15) is 17.4 Å². The summed E-state index contributed by atoms with van der Waals surface area (Å²) in [6.07, 6.45) is 1.29. The predicted molar refractivity (Wildman–Crippen MR) is 105 cm³/mol. The summed E-state index contributed by atoms with van der Waals surface area (Å²) in [5.41, 5.74) is 1.10. The van der Waals surface area contributed by atoms with Crippen LogP contribution >= 0.6 is 23.2 Å². The van der Waals surface area contributed by atoms with Crippen LogP contribution in [0.15, 0.2) is 24.8 Å². The molecule has 1 fully saturated rings. The van der Waals surface area contributed by atoms with Gasteiger partial charge in [-0.1, -0.05) is 29.8 Å². The SMILES string of the molecule is C=CC(=O)N1CCN(c2nc3cc(Cl)c(Cl)cc3nc2C(=O)OCC)CC1. The van der Waals surface area contributed by atoms with Crippen LogP contribution in [-0.2, 0) is 9.53 Å². The fraction of sp³-hybridized carbons (Fsp3) is 0.333. The lowest BCUT2D eigenvalue weighted by molar-refractivity contribution is -0.126. The first-order valence-electron chi connectivity index (χ1n) is 8.44. The molecule has 2 aromatic rings. The van der Waals surface area contributed by atoms with Gasteiger partial charge in [-0.15, -0.1) is 0 Å². The van der Waals surface area contributed by atoms with Gasteiger partial charge in [-0.3, -0.25) is 4.79 Å². The summed E-state index contributed by atoms with van der Waals surface area (Å²) in [5, 5.41) is 0.687. The first kappa shape index (κ1) is 19.4. The second-order valence-corrected chi connectivity index (χ2v) is 6.70. The Bertz CT molecular complexity index is 911. The van der Waals surface area contributed by atoms with Crippen LogP contribution in [0.25, 0.3) is 11.0 Å². The van der Waals surface area contributed by atoms with E-state index >= 15 is 0 Å². The molecule has 27 heavy (non-hydrogen) atoms. The van der Waals surface area contributed by atoms with E-state index in [9.17, 15) is 9.59 Å². The molecule has 0 bridgehead atoms. The third kappa shape index (κ3) is 3.99. The monoisotopic (exact) mass is 408 g/mol. The molecule has 0 radical (unpaired) electrons. The maximum absolute atomic E-state index is 12.4. The van der Waals surface area contributed by atoms with Crippen LogP contribution in [-0.4, -0.2) is 59.5 Å². The molecule has 0 spiro atoms. The average molecular weight is 409 g/mol. The van der Waals surface area contributed by atoms with Gasteiger partial charge < -0.3 is 14.5 Å². The van der Waals surface area contributed by atoms with Crippen molar-refractivity contribution in [3.8, 4) is 0 Å². The van der Waals surface area contributed by atoms with Crippen molar-refractivity contribution in [3.05, 3.63) is 40.5 Å². The van der Waals surface area contributed by atoms with Gasteiger partial charge in [-0.25, -0.2) is 14.8 Å². The Kier molecular flexibility index (Phi) is 5.82. The van der Waals surface area contributed by atoms with E-state index in [4.69, 9.17) is 27.9 Å². The third-order valence-corrected chi connectivity index (χ3v) is 4.94. The normalized spacial score (nSPS) is 14.3. The highest BCUT2D eigenvalue weighted by molar-refractivity contribution is 6.42. The summed E-state index contributed by atoms with van der Waals surface area (Å²) in [7, 11) is 0. The van der Waals surface area contributed by atoms with Crippen LogP contribution in [0, 0.1) is 0 Å². The standard InChI is InChI=1S/C18H18Cl2N4O3/c1-3-15(25)23-5-7-24(8-6-23)17-16(18(26)27-4-2)21-13-9-11(19)12(20)10-14(13)22-17/h3,9-10H,1,4-8H2,2H3. The number of aromatic nitrogens is 2. The Labute approximate surface area is 166 Å². The minimum absolute atomic E-state index is 0.117. The lowest BCUT2D eigenvalue weighted by Crippen LogP contribution is -2.49. The number of carbonyl (C=O) groups is 2. The number of ether oxygens (including phenoxy) is 1. The molecule has 1 aromatic heterocycles. The molecule has 1 amide bonds. The van der Waals surface area contributed by atoms with Crippen molar-refractivity contribution in [2.75, 3.05) is 37.7 Å². The van der Waals surface area contributed by atoms with Crippen molar-refractivity contribution in [2.24, 2.45) is 0 Å². The van der Waals surface area contributed by atoms with E-state index in [1.807, 2.05) is 4.90 Å². The van der Waals surface area contributed by atoms with Gasteiger partial charge in [0.05, 0.1) is 27.7 Å². The quantitative estimate of drug-likeness (QED) is 0.571. The minimum Gasteiger partial charge on any atom is -0.461 e. The molecule has 0 saturated carbocycles. The smallest absolute Gasteiger partial charge is 0.360 e. The number of benzene rings is 1. The Balaban J connectivity index is 2.00. The Morgan fingerprint density at radius 2 is 1.74 bits per heavy atom. The molecule has 1 aliphatic heterocycles. The largest absolute Gasteiger partial charge is 0.461 e. The second kappa shape index (κ2) is 8.10. The zero-order valence-electron chi connectivity index (χ0n) is 14.7. The predicted octanol–water partition coefficient (Wildman–Crippen LogP) is 2.95. The highest BCUT2D eigenvalue weighted by Crippen LogP contribution is 2.29. The molecule has 0 unspecified atom stereocenters. The van der Waals surface area contributed by atoms with Crippen molar-refractivity contribution in [1.29, 1.82) is 0 Å². The first-order chi connectivity index (χ1) is 12.9. The molecule has 0 atom stereocenters. The van der Waals surface area contributed by atoms with Gasteiger partial charge in [-0.2, -0.15) is 0 Å². The second-order valence-electron chi connectivity index (χ2n) is 5.89. The number of fused-ring (bicyclic) bond motifs is 1. The van der Waals surface area contributed by atoms with Gasteiger partial charge in [0.15, 0.2) is 11.5 Å². The topological polar surface area (TPSA) is 75.6 Å². The maximum Gasteiger partial charge on any atom is 0.360 e. The van der Waals surface area contributed by atoms with Crippen LogP contribution in [0.4, 0.5) is 5.82 Å².